The van der Waals surface area contributed by atoms with E-state index in [0.29, 0.717) is 33.5 Å². The standard InChI is InChI=1S/C38H57NO2/c1-23(2)25-12-16-35(6)19-20-37(8)29(33(25)35)10-11-31-36(7)17-13-28(34(4,5)30(36)14-18-38(31,37)9)26-15-21-39-24(3)27(26)22-32(40)41/h15,21,25,28-31,33H,1,10-14,16-20,22H2,2-9H3,(H,40,41)/t25-,28?,29+,30-,31+,33+,35+,36-,37+,38+/m0/s1. The number of hydrogen-bond donors (Lipinski definition) is 1. The Labute approximate surface area is 250 Å². The molecule has 0 aromatic carbocycles. The highest BCUT2D eigenvalue weighted by molar-refractivity contribution is 5.71. The maximum absolute atomic E-state index is 11.8. The number of aryl methyl sites for hydroxylation is 1. The molecule has 5 aliphatic rings. The molecule has 0 radical (unpaired) electrons. The van der Waals surface area contributed by atoms with E-state index in [9.17, 15) is 9.90 Å². The van der Waals surface area contributed by atoms with Gasteiger partial charge < -0.3 is 5.11 Å². The molecule has 41 heavy (non-hydrogen) atoms. The van der Waals surface area contributed by atoms with Crippen molar-refractivity contribution in [3.63, 3.8) is 0 Å². The average molecular weight is 560 g/mol. The van der Waals surface area contributed by atoms with Gasteiger partial charge in [0, 0.05) is 11.9 Å². The lowest BCUT2D eigenvalue weighted by Crippen LogP contribution is -2.65. The van der Waals surface area contributed by atoms with Gasteiger partial charge in [0.05, 0.1) is 6.42 Å². The van der Waals surface area contributed by atoms with Crippen molar-refractivity contribution in [1.82, 2.24) is 4.98 Å². The molecule has 0 aliphatic heterocycles. The Morgan fingerprint density at radius 2 is 1.66 bits per heavy atom. The first-order chi connectivity index (χ1) is 19.1. The molecule has 10 atom stereocenters. The minimum Gasteiger partial charge on any atom is -0.481 e. The van der Waals surface area contributed by atoms with E-state index in [0.717, 1.165) is 41.3 Å². The number of aromatic nitrogens is 1. The Kier molecular flexibility index (Phi) is 6.77. The topological polar surface area (TPSA) is 50.2 Å². The summed E-state index contributed by atoms with van der Waals surface area (Å²) in [5.74, 6) is 3.42. The number of allylic oxidation sites excluding steroid dienone is 1. The second-order valence-electron chi connectivity index (χ2n) is 17.3. The van der Waals surface area contributed by atoms with Crippen molar-refractivity contribution in [2.24, 2.45) is 56.7 Å². The fourth-order valence-electron chi connectivity index (χ4n) is 13.4. The minimum atomic E-state index is -0.751. The normalized spacial score (nSPS) is 46.5. The van der Waals surface area contributed by atoms with Crippen LogP contribution in [0.1, 0.15) is 135 Å². The lowest BCUT2D eigenvalue weighted by Gasteiger charge is -2.73. The Morgan fingerprint density at radius 1 is 0.927 bits per heavy atom. The number of aliphatic carboxylic acids is 1. The molecule has 5 fully saturated rings. The van der Waals surface area contributed by atoms with Crippen molar-refractivity contribution < 1.29 is 9.90 Å². The van der Waals surface area contributed by atoms with Gasteiger partial charge in [0.2, 0.25) is 0 Å². The fraction of sp³-hybridized carbons (Fsp3) is 0.789. The summed E-state index contributed by atoms with van der Waals surface area (Å²) in [6, 6.07) is 2.15. The summed E-state index contributed by atoms with van der Waals surface area (Å²) in [4.78, 5) is 16.4. The van der Waals surface area contributed by atoms with Crippen LogP contribution >= 0.6 is 0 Å². The molecule has 1 heterocycles. The summed E-state index contributed by atoms with van der Waals surface area (Å²) in [5, 5.41) is 9.74. The highest BCUT2D eigenvalue weighted by atomic mass is 16.4. The van der Waals surface area contributed by atoms with Gasteiger partial charge in [-0.25, -0.2) is 0 Å². The SMILES string of the molecule is C=C(C)[C@@H]1CC[C@]2(C)CC[C@]3(C)[C@H](CC[C@@H]4[C@@]5(C)CCC(c6ccnc(C)c6CC(=O)O)C(C)(C)[C@@H]5CC[C@]43C)[C@@H]12. The maximum atomic E-state index is 11.8. The third-order valence-electron chi connectivity index (χ3n) is 15.5. The molecule has 1 unspecified atom stereocenters. The number of hydrogen-bond acceptors (Lipinski definition) is 2. The highest BCUT2D eigenvalue weighted by Crippen LogP contribution is 2.78. The van der Waals surface area contributed by atoms with Crippen LogP contribution in [0.4, 0.5) is 0 Å². The molecule has 3 nitrogen and oxygen atoms in total. The fourth-order valence-corrected chi connectivity index (χ4v) is 13.4. The van der Waals surface area contributed by atoms with Crippen LogP contribution < -0.4 is 0 Å². The summed E-state index contributed by atoms with van der Waals surface area (Å²) >= 11 is 0. The Morgan fingerprint density at radius 3 is 2.34 bits per heavy atom. The van der Waals surface area contributed by atoms with Crippen LogP contribution in [0.25, 0.3) is 0 Å². The Hall–Kier alpha value is -1.64. The number of nitrogens with zero attached hydrogens (tertiary/aromatic N) is 1. The first kappa shape index (κ1) is 29.4. The number of rotatable bonds is 4. The maximum Gasteiger partial charge on any atom is 0.307 e. The Bertz CT molecular complexity index is 1250. The molecule has 3 heteroatoms. The van der Waals surface area contributed by atoms with Crippen LogP contribution in [0.15, 0.2) is 24.4 Å². The lowest BCUT2D eigenvalue weighted by atomic mass is 9.32. The number of carboxylic acid groups (broad SMARTS) is 1. The molecule has 5 aliphatic carbocycles. The van der Waals surface area contributed by atoms with Gasteiger partial charge in [-0.2, -0.15) is 0 Å². The number of fused-ring (bicyclic) bond motifs is 7. The molecule has 6 rings (SSSR count). The zero-order chi connectivity index (χ0) is 29.8. The van der Waals surface area contributed by atoms with Crippen molar-refractivity contribution in [3.8, 4) is 0 Å². The average Bonchev–Trinajstić information content (AvgIpc) is 3.23. The predicted octanol–water partition coefficient (Wildman–Crippen LogP) is 9.78. The monoisotopic (exact) mass is 559 g/mol. The summed E-state index contributed by atoms with van der Waals surface area (Å²) in [6.45, 7) is 24.7. The van der Waals surface area contributed by atoms with Crippen molar-refractivity contribution >= 4 is 5.97 Å². The van der Waals surface area contributed by atoms with Gasteiger partial charge in [0.15, 0.2) is 0 Å². The van der Waals surface area contributed by atoms with E-state index >= 15 is 0 Å². The molecule has 1 aromatic rings. The van der Waals surface area contributed by atoms with Crippen molar-refractivity contribution in [3.05, 3.63) is 41.2 Å². The molecular formula is C38H57NO2. The quantitative estimate of drug-likeness (QED) is 0.374. The summed E-state index contributed by atoms with van der Waals surface area (Å²) in [6.07, 6.45) is 15.4. The lowest BCUT2D eigenvalue weighted by molar-refractivity contribution is -0.237. The minimum absolute atomic E-state index is 0.0786. The first-order valence-corrected chi connectivity index (χ1v) is 16.9. The zero-order valence-electron chi connectivity index (χ0n) is 27.4. The van der Waals surface area contributed by atoms with Gasteiger partial charge in [-0.05, 0) is 158 Å². The molecule has 0 amide bonds. The van der Waals surface area contributed by atoms with Crippen LogP contribution in [0.2, 0.25) is 0 Å². The zero-order valence-corrected chi connectivity index (χ0v) is 27.4. The molecule has 1 N–H and O–H groups in total. The number of pyridine rings is 1. The summed E-state index contributed by atoms with van der Waals surface area (Å²) in [7, 11) is 0. The number of carboxylic acids is 1. The van der Waals surface area contributed by atoms with Gasteiger partial charge in [-0.3, -0.25) is 9.78 Å². The highest BCUT2D eigenvalue weighted by Gasteiger charge is 2.70. The van der Waals surface area contributed by atoms with Crippen LogP contribution in [0.5, 0.6) is 0 Å². The summed E-state index contributed by atoms with van der Waals surface area (Å²) in [5.41, 5.74) is 6.31. The van der Waals surface area contributed by atoms with E-state index < -0.39 is 5.97 Å². The van der Waals surface area contributed by atoms with Crippen LogP contribution in [-0.2, 0) is 11.2 Å². The second kappa shape index (κ2) is 9.43. The van der Waals surface area contributed by atoms with Gasteiger partial charge >= 0.3 is 5.97 Å². The molecule has 5 saturated carbocycles. The Balaban J connectivity index is 1.35. The molecule has 0 saturated heterocycles. The smallest absolute Gasteiger partial charge is 0.307 e. The van der Waals surface area contributed by atoms with Crippen LogP contribution in [0, 0.1) is 63.6 Å². The molecule has 1 aromatic heterocycles. The molecule has 0 spiro atoms. The van der Waals surface area contributed by atoms with Gasteiger partial charge in [0.25, 0.3) is 0 Å². The molecular weight excluding hydrogens is 502 g/mol. The summed E-state index contributed by atoms with van der Waals surface area (Å²) < 4.78 is 0. The predicted molar refractivity (Wildman–Crippen MR) is 168 cm³/mol. The van der Waals surface area contributed by atoms with Gasteiger partial charge in [-0.15, -0.1) is 0 Å². The van der Waals surface area contributed by atoms with E-state index in [-0.39, 0.29) is 11.8 Å². The van der Waals surface area contributed by atoms with E-state index in [4.69, 9.17) is 0 Å². The number of carbonyl (C=O) groups is 1. The van der Waals surface area contributed by atoms with E-state index in [1.54, 1.807) is 0 Å². The first-order valence-electron chi connectivity index (χ1n) is 16.9. The van der Waals surface area contributed by atoms with Crippen LogP contribution in [-0.4, -0.2) is 16.1 Å². The van der Waals surface area contributed by atoms with Gasteiger partial charge in [0.1, 0.15) is 0 Å². The van der Waals surface area contributed by atoms with E-state index in [1.807, 2.05) is 13.1 Å². The van der Waals surface area contributed by atoms with Crippen molar-refractivity contribution in [2.45, 2.75) is 132 Å². The largest absolute Gasteiger partial charge is 0.481 e. The van der Waals surface area contributed by atoms with E-state index in [2.05, 4.69) is 66.1 Å². The third kappa shape index (κ3) is 3.95. The third-order valence-corrected chi connectivity index (χ3v) is 15.5. The molecule has 0 bridgehead atoms. The van der Waals surface area contributed by atoms with Crippen molar-refractivity contribution in [1.29, 1.82) is 0 Å². The van der Waals surface area contributed by atoms with Gasteiger partial charge in [-0.1, -0.05) is 53.7 Å². The van der Waals surface area contributed by atoms with E-state index in [1.165, 1.54) is 68.9 Å². The molecule has 226 valence electrons. The second-order valence-corrected chi connectivity index (χ2v) is 17.3. The van der Waals surface area contributed by atoms with Crippen LogP contribution in [0.3, 0.4) is 0 Å². The van der Waals surface area contributed by atoms with Crippen molar-refractivity contribution in [2.75, 3.05) is 0 Å².